The van der Waals surface area contributed by atoms with Crippen LogP contribution in [0.5, 0.6) is 11.5 Å². The molecule has 4 heterocycles. The summed E-state index contributed by atoms with van der Waals surface area (Å²) < 4.78 is 82.1. The van der Waals surface area contributed by atoms with Gasteiger partial charge in [0.25, 0.3) is 21.6 Å². The molecule has 1 amide bonds. The summed E-state index contributed by atoms with van der Waals surface area (Å²) >= 11 is 6.55. The molecule has 2 fully saturated rings. The van der Waals surface area contributed by atoms with Crippen molar-refractivity contribution in [3.63, 3.8) is 0 Å². The topological polar surface area (TPSA) is 172 Å². The number of allylic oxidation sites excluding steroid dienone is 1. The Bertz CT molecular complexity index is 2750. The highest BCUT2D eigenvalue weighted by atomic mass is 35.5. The van der Waals surface area contributed by atoms with Gasteiger partial charge in [0, 0.05) is 75.2 Å². The minimum atomic E-state index is -4.63. The van der Waals surface area contributed by atoms with Gasteiger partial charge in [0.15, 0.2) is 5.75 Å². The Labute approximate surface area is 379 Å². The highest BCUT2D eigenvalue weighted by molar-refractivity contribution is 7.90. The number of hydrogen-bond acceptors (Lipinski definition) is 11. The van der Waals surface area contributed by atoms with Crippen molar-refractivity contribution in [2.75, 3.05) is 62.7 Å². The first-order chi connectivity index (χ1) is 30.9. The Morgan fingerprint density at radius 1 is 1.06 bits per heavy atom. The maximum absolute atomic E-state index is 14.1. The molecule has 3 aromatic carbocycles. The number of amides is 1. The van der Waals surface area contributed by atoms with E-state index in [9.17, 15) is 36.5 Å². The number of halogens is 4. The number of nitrogens with one attached hydrogen (secondary N) is 3. The van der Waals surface area contributed by atoms with Crippen molar-refractivity contribution in [1.29, 1.82) is 0 Å². The van der Waals surface area contributed by atoms with Crippen LogP contribution in [0.4, 0.5) is 30.2 Å². The number of alkyl halides is 3. The molecular formula is C46H49ClF3N7O7S. The number of ether oxygens (including phenoxy) is 2. The molecule has 0 radical (unpaired) electrons. The number of carbonyl (C=O) groups is 1. The lowest BCUT2D eigenvalue weighted by molar-refractivity contribution is -0.384. The first kappa shape index (κ1) is 45.9. The van der Waals surface area contributed by atoms with Crippen LogP contribution in [0.25, 0.3) is 16.6 Å². The molecule has 1 aliphatic carbocycles. The number of piperazine rings is 1. The first-order valence-electron chi connectivity index (χ1n) is 21.4. The standard InChI is InChI=1S/C46H49ClF3N7O7S/c1-45(2)14-10-31(37(25-45)35-8-6-32(23-38(35)47)46(48,49)50)28-55-16-18-56(19-17-55)40-5-3-4-36(42(40)64-33-22-30-11-15-51-43(30)53-27-33)44(58)54-65(61,62)34-7-9-39(41(24-34)57(59)60)52-26-29-12-20-63-21-13-29/h3-9,11,15,22-24,27,29,52H,10,12-14,16-21,25-26,28H2,1-2H3,(H,51,53)(H,54,58). The predicted octanol–water partition coefficient (Wildman–Crippen LogP) is 9.68. The summed E-state index contributed by atoms with van der Waals surface area (Å²) in [5.74, 6) is -0.393. The second kappa shape index (κ2) is 18.7. The Morgan fingerprint density at radius 3 is 2.55 bits per heavy atom. The Balaban J connectivity index is 1.04. The Morgan fingerprint density at radius 2 is 1.83 bits per heavy atom. The van der Waals surface area contributed by atoms with Gasteiger partial charge in [-0.15, -0.1) is 0 Å². The minimum Gasteiger partial charge on any atom is -0.453 e. The van der Waals surface area contributed by atoms with Crippen molar-refractivity contribution >= 4 is 61.2 Å². The van der Waals surface area contributed by atoms with Crippen LogP contribution >= 0.6 is 11.6 Å². The summed E-state index contributed by atoms with van der Waals surface area (Å²) in [5.41, 5.74) is 2.59. The zero-order valence-electron chi connectivity index (χ0n) is 35.8. The molecular weight excluding hydrogens is 887 g/mol. The second-order valence-electron chi connectivity index (χ2n) is 17.5. The molecule has 5 aromatic rings. The van der Waals surface area contributed by atoms with Gasteiger partial charge in [0.2, 0.25) is 0 Å². The molecule has 0 atom stereocenters. The van der Waals surface area contributed by atoms with Crippen LogP contribution in [0.2, 0.25) is 5.02 Å². The quantitative estimate of drug-likeness (QED) is 0.0758. The van der Waals surface area contributed by atoms with E-state index in [0.29, 0.717) is 81.6 Å². The van der Waals surface area contributed by atoms with Crippen LogP contribution in [0.15, 0.2) is 89.6 Å². The minimum absolute atomic E-state index is 0.0671. The molecule has 2 aromatic heterocycles. The number of aromatic amines is 1. The average Bonchev–Trinajstić information content (AvgIpc) is 3.74. The van der Waals surface area contributed by atoms with Crippen LogP contribution in [0.1, 0.15) is 67.4 Å². The van der Waals surface area contributed by atoms with Gasteiger partial charge < -0.3 is 24.7 Å². The Hall–Kier alpha value is -5.69. The van der Waals surface area contributed by atoms with Crippen molar-refractivity contribution in [2.45, 2.75) is 57.0 Å². The number of fused-ring (bicyclic) bond motifs is 1. The smallest absolute Gasteiger partial charge is 0.416 e. The van der Waals surface area contributed by atoms with E-state index in [1.165, 1.54) is 30.5 Å². The van der Waals surface area contributed by atoms with Gasteiger partial charge in [-0.05, 0) is 103 Å². The fraction of sp³-hybridized carbons (Fsp3) is 0.391. The lowest BCUT2D eigenvalue weighted by Crippen LogP contribution is -2.47. The van der Waals surface area contributed by atoms with E-state index in [1.807, 2.05) is 11.0 Å². The molecule has 2 saturated heterocycles. The molecule has 8 rings (SSSR count). The van der Waals surface area contributed by atoms with Gasteiger partial charge in [0.05, 0.1) is 32.8 Å². The number of nitro groups is 1. The van der Waals surface area contributed by atoms with Gasteiger partial charge in [-0.2, -0.15) is 13.2 Å². The van der Waals surface area contributed by atoms with Gasteiger partial charge in [0.1, 0.15) is 17.1 Å². The van der Waals surface area contributed by atoms with Crippen LogP contribution in [-0.4, -0.2) is 86.6 Å². The third kappa shape index (κ3) is 10.6. The van der Waals surface area contributed by atoms with E-state index in [2.05, 4.69) is 38.8 Å². The summed E-state index contributed by atoms with van der Waals surface area (Å²) in [5, 5.41) is 16.0. The second-order valence-corrected chi connectivity index (χ2v) is 19.6. The number of rotatable bonds is 13. The van der Waals surface area contributed by atoms with Crippen molar-refractivity contribution in [3.8, 4) is 11.5 Å². The van der Waals surface area contributed by atoms with Crippen molar-refractivity contribution in [1.82, 2.24) is 19.6 Å². The zero-order chi connectivity index (χ0) is 46.1. The third-order valence-electron chi connectivity index (χ3n) is 12.4. The number of aromatic nitrogens is 2. The molecule has 344 valence electrons. The van der Waals surface area contributed by atoms with Gasteiger partial charge in [-0.25, -0.2) is 18.1 Å². The number of anilines is 2. The number of hydrogen-bond donors (Lipinski definition) is 3. The van der Waals surface area contributed by atoms with Crippen molar-refractivity contribution in [3.05, 3.63) is 117 Å². The van der Waals surface area contributed by atoms with Gasteiger partial charge >= 0.3 is 6.18 Å². The summed E-state index contributed by atoms with van der Waals surface area (Å²) in [6.07, 6.45) is 2.64. The lowest BCUT2D eigenvalue weighted by atomic mass is 9.72. The predicted molar refractivity (Wildman–Crippen MR) is 242 cm³/mol. The number of para-hydroxylation sites is 1. The molecule has 0 bridgehead atoms. The summed E-state index contributed by atoms with van der Waals surface area (Å²) in [6.45, 7) is 8.68. The van der Waals surface area contributed by atoms with E-state index >= 15 is 0 Å². The number of nitrogens with zero attached hydrogens (tertiary/aromatic N) is 4. The fourth-order valence-electron chi connectivity index (χ4n) is 8.72. The molecule has 0 saturated carbocycles. The number of carbonyl (C=O) groups excluding carboxylic acids is 1. The van der Waals surface area contributed by atoms with E-state index in [4.69, 9.17) is 21.1 Å². The maximum Gasteiger partial charge on any atom is 0.416 e. The number of benzene rings is 3. The SMILES string of the molecule is CC1(C)CCC(CN2CCN(c3cccc(C(=O)NS(=O)(=O)c4ccc(NCC5CCOCC5)c([N+](=O)[O-])c4)c3Oc3cnc4[nH]ccc4c3)CC2)=C(c2ccc(C(F)(F)F)cc2Cl)C1. The van der Waals surface area contributed by atoms with E-state index in [0.717, 1.165) is 60.4 Å². The van der Waals surface area contributed by atoms with E-state index in [1.54, 1.807) is 24.4 Å². The molecule has 65 heavy (non-hydrogen) atoms. The highest BCUT2D eigenvalue weighted by Crippen LogP contribution is 2.46. The largest absolute Gasteiger partial charge is 0.453 e. The number of sulfonamides is 1. The molecule has 19 heteroatoms. The molecule has 2 aliphatic heterocycles. The molecule has 0 spiro atoms. The van der Waals surface area contributed by atoms with Crippen LogP contribution in [-0.2, 0) is 20.9 Å². The number of H-pyrrole nitrogens is 1. The molecule has 3 aliphatic rings. The van der Waals surface area contributed by atoms with E-state index < -0.39 is 43.2 Å². The zero-order valence-corrected chi connectivity index (χ0v) is 37.4. The Kier molecular flexibility index (Phi) is 13.2. The van der Waals surface area contributed by atoms with Crippen LogP contribution in [0.3, 0.4) is 0 Å². The van der Waals surface area contributed by atoms with Crippen LogP contribution < -0.4 is 19.7 Å². The van der Waals surface area contributed by atoms with Crippen molar-refractivity contribution < 1.29 is 40.8 Å². The normalized spacial score (nSPS) is 17.6. The lowest BCUT2D eigenvalue weighted by Gasteiger charge is -2.39. The fourth-order valence-corrected chi connectivity index (χ4v) is 10.00. The highest BCUT2D eigenvalue weighted by Gasteiger charge is 2.34. The summed E-state index contributed by atoms with van der Waals surface area (Å²) in [7, 11) is -4.63. The molecule has 0 unspecified atom stereocenters. The first-order valence-corrected chi connectivity index (χ1v) is 23.3. The maximum atomic E-state index is 14.1. The monoisotopic (exact) mass is 935 g/mol. The number of nitro benzene ring substituents is 1. The van der Waals surface area contributed by atoms with Crippen molar-refractivity contribution in [2.24, 2.45) is 11.3 Å². The molecule has 3 N–H and O–H groups in total. The summed E-state index contributed by atoms with van der Waals surface area (Å²) in [6, 6.07) is 15.4. The van der Waals surface area contributed by atoms with Gasteiger partial charge in [-0.1, -0.05) is 43.2 Å². The average molecular weight is 936 g/mol. The summed E-state index contributed by atoms with van der Waals surface area (Å²) in [4.78, 5) is 36.9. The third-order valence-corrected chi connectivity index (χ3v) is 14.0. The van der Waals surface area contributed by atoms with E-state index in [-0.39, 0.29) is 33.4 Å². The van der Waals surface area contributed by atoms with Gasteiger partial charge in [-0.3, -0.25) is 19.8 Å². The van der Waals surface area contributed by atoms with Crippen LogP contribution in [0, 0.1) is 21.4 Å². The molecule has 14 nitrogen and oxygen atoms in total. The number of pyridine rings is 1.